The summed E-state index contributed by atoms with van der Waals surface area (Å²) in [6, 6.07) is 3.85. The van der Waals surface area contributed by atoms with Gasteiger partial charge in [-0.2, -0.15) is 5.26 Å². The molecule has 1 aromatic rings. The molecular weight excluding hydrogens is 218 g/mol. The van der Waals surface area contributed by atoms with E-state index < -0.39 is 0 Å². The number of aryl methyl sites for hydroxylation is 1. The molecule has 5 heteroatoms. The van der Waals surface area contributed by atoms with Gasteiger partial charge in [0.25, 0.3) is 5.56 Å². The van der Waals surface area contributed by atoms with E-state index in [2.05, 4.69) is 9.88 Å². The van der Waals surface area contributed by atoms with Gasteiger partial charge in [0.2, 0.25) is 0 Å². The van der Waals surface area contributed by atoms with E-state index in [1.807, 2.05) is 19.1 Å². The molecule has 90 valence electrons. The number of pyridine rings is 1. The number of aromatic amines is 1. The van der Waals surface area contributed by atoms with E-state index in [4.69, 9.17) is 10.00 Å². The summed E-state index contributed by atoms with van der Waals surface area (Å²) in [4.78, 5) is 16.5. The van der Waals surface area contributed by atoms with Gasteiger partial charge in [0.1, 0.15) is 11.6 Å². The number of morpholine rings is 1. The summed E-state index contributed by atoms with van der Waals surface area (Å²) in [5.41, 5.74) is 1.52. The molecule has 2 rings (SSSR count). The van der Waals surface area contributed by atoms with Crippen molar-refractivity contribution in [3.8, 4) is 6.07 Å². The van der Waals surface area contributed by atoms with E-state index in [1.165, 1.54) is 0 Å². The molecule has 5 nitrogen and oxygen atoms in total. The topological polar surface area (TPSA) is 69.1 Å². The zero-order valence-electron chi connectivity index (χ0n) is 9.82. The lowest BCUT2D eigenvalue weighted by Gasteiger charge is -2.26. The maximum atomic E-state index is 11.6. The fourth-order valence-electron chi connectivity index (χ4n) is 2.00. The highest BCUT2D eigenvalue weighted by Crippen LogP contribution is 2.10. The second kappa shape index (κ2) is 5.13. The molecule has 1 N–H and O–H groups in total. The van der Waals surface area contributed by atoms with Crippen LogP contribution < -0.4 is 5.56 Å². The second-order valence-electron chi connectivity index (χ2n) is 4.18. The first-order chi connectivity index (χ1) is 8.20. The Bertz CT molecular complexity index is 495. The van der Waals surface area contributed by atoms with Gasteiger partial charge in [0.15, 0.2) is 0 Å². The molecule has 0 aliphatic carbocycles. The Morgan fingerprint density at radius 3 is 2.88 bits per heavy atom. The summed E-state index contributed by atoms with van der Waals surface area (Å²) < 4.78 is 5.27. The Morgan fingerprint density at radius 1 is 1.53 bits per heavy atom. The molecule has 0 aromatic carbocycles. The third-order valence-electron chi connectivity index (χ3n) is 2.86. The Balaban J connectivity index is 2.25. The molecule has 1 aliphatic heterocycles. The number of nitriles is 1. The number of rotatable bonds is 2. The van der Waals surface area contributed by atoms with Crippen LogP contribution in [0.15, 0.2) is 10.9 Å². The molecule has 1 saturated heterocycles. The van der Waals surface area contributed by atoms with Crippen molar-refractivity contribution in [1.29, 1.82) is 5.26 Å². The summed E-state index contributed by atoms with van der Waals surface area (Å²) in [6.07, 6.45) is 0. The SMILES string of the molecule is Cc1cc(CN2CCOCC2)c(C#N)c(=O)[nH]1. The Labute approximate surface area is 99.6 Å². The third-order valence-corrected chi connectivity index (χ3v) is 2.86. The molecule has 2 heterocycles. The van der Waals surface area contributed by atoms with Crippen LogP contribution in [0, 0.1) is 18.3 Å². The highest BCUT2D eigenvalue weighted by atomic mass is 16.5. The zero-order chi connectivity index (χ0) is 12.3. The monoisotopic (exact) mass is 233 g/mol. The minimum absolute atomic E-state index is 0.224. The zero-order valence-corrected chi connectivity index (χ0v) is 9.82. The van der Waals surface area contributed by atoms with E-state index in [1.54, 1.807) is 0 Å². The molecule has 1 aliphatic rings. The minimum atomic E-state index is -0.296. The third kappa shape index (κ3) is 2.73. The lowest BCUT2D eigenvalue weighted by Crippen LogP contribution is -2.36. The molecule has 0 saturated carbocycles. The molecule has 0 atom stereocenters. The Morgan fingerprint density at radius 2 is 2.24 bits per heavy atom. The smallest absolute Gasteiger partial charge is 0.266 e. The van der Waals surface area contributed by atoms with Crippen LogP contribution in [0.5, 0.6) is 0 Å². The van der Waals surface area contributed by atoms with Gasteiger partial charge in [-0.1, -0.05) is 0 Å². The number of hydrogen-bond acceptors (Lipinski definition) is 4. The van der Waals surface area contributed by atoms with Crippen LogP contribution in [-0.2, 0) is 11.3 Å². The summed E-state index contributed by atoms with van der Waals surface area (Å²) in [5, 5.41) is 9.01. The van der Waals surface area contributed by atoms with E-state index in [0.29, 0.717) is 19.8 Å². The maximum absolute atomic E-state index is 11.6. The fourth-order valence-corrected chi connectivity index (χ4v) is 2.00. The number of nitrogens with zero attached hydrogens (tertiary/aromatic N) is 2. The Kier molecular flexibility index (Phi) is 3.57. The minimum Gasteiger partial charge on any atom is -0.379 e. The molecule has 0 radical (unpaired) electrons. The van der Waals surface area contributed by atoms with Crippen molar-refractivity contribution < 1.29 is 4.74 Å². The van der Waals surface area contributed by atoms with Crippen LogP contribution in [0.25, 0.3) is 0 Å². The van der Waals surface area contributed by atoms with Gasteiger partial charge >= 0.3 is 0 Å². The number of aromatic nitrogens is 1. The fraction of sp³-hybridized carbons (Fsp3) is 0.500. The molecular formula is C12H15N3O2. The van der Waals surface area contributed by atoms with E-state index in [0.717, 1.165) is 24.3 Å². The van der Waals surface area contributed by atoms with Gasteiger partial charge in [-0.05, 0) is 18.6 Å². The van der Waals surface area contributed by atoms with Gasteiger partial charge in [-0.15, -0.1) is 0 Å². The van der Waals surface area contributed by atoms with Crippen molar-refractivity contribution in [2.24, 2.45) is 0 Å². The first-order valence-electron chi connectivity index (χ1n) is 5.63. The number of nitrogens with one attached hydrogen (secondary N) is 1. The van der Waals surface area contributed by atoms with Crippen molar-refractivity contribution in [2.75, 3.05) is 26.3 Å². The van der Waals surface area contributed by atoms with Crippen molar-refractivity contribution in [2.45, 2.75) is 13.5 Å². The average Bonchev–Trinajstić information content (AvgIpc) is 2.30. The number of H-pyrrole nitrogens is 1. The van der Waals surface area contributed by atoms with Gasteiger partial charge < -0.3 is 9.72 Å². The van der Waals surface area contributed by atoms with Gasteiger partial charge in [0.05, 0.1) is 13.2 Å². The summed E-state index contributed by atoms with van der Waals surface area (Å²) in [6.45, 7) is 5.57. The maximum Gasteiger partial charge on any atom is 0.266 e. The molecule has 0 spiro atoms. The normalized spacial score (nSPS) is 16.7. The highest BCUT2D eigenvalue weighted by molar-refractivity contribution is 5.36. The lowest BCUT2D eigenvalue weighted by atomic mass is 10.1. The second-order valence-corrected chi connectivity index (χ2v) is 4.18. The van der Waals surface area contributed by atoms with Crippen LogP contribution >= 0.6 is 0 Å². The van der Waals surface area contributed by atoms with Crippen molar-refractivity contribution in [1.82, 2.24) is 9.88 Å². The molecule has 0 bridgehead atoms. The number of ether oxygens (including phenoxy) is 1. The summed E-state index contributed by atoms with van der Waals surface area (Å²) >= 11 is 0. The lowest BCUT2D eigenvalue weighted by molar-refractivity contribution is 0.0341. The van der Waals surface area contributed by atoms with Crippen LogP contribution in [-0.4, -0.2) is 36.2 Å². The first-order valence-corrected chi connectivity index (χ1v) is 5.63. The Hall–Kier alpha value is -1.64. The molecule has 17 heavy (non-hydrogen) atoms. The van der Waals surface area contributed by atoms with Crippen molar-refractivity contribution >= 4 is 0 Å². The first kappa shape index (κ1) is 11.8. The van der Waals surface area contributed by atoms with Gasteiger partial charge in [0, 0.05) is 25.3 Å². The van der Waals surface area contributed by atoms with E-state index in [9.17, 15) is 4.79 Å². The highest BCUT2D eigenvalue weighted by Gasteiger charge is 2.14. The molecule has 0 unspecified atom stereocenters. The van der Waals surface area contributed by atoms with Crippen LogP contribution in [0.3, 0.4) is 0 Å². The van der Waals surface area contributed by atoms with Crippen molar-refractivity contribution in [3.63, 3.8) is 0 Å². The van der Waals surface area contributed by atoms with Gasteiger partial charge in [-0.3, -0.25) is 9.69 Å². The summed E-state index contributed by atoms with van der Waals surface area (Å²) in [5.74, 6) is 0. The average molecular weight is 233 g/mol. The van der Waals surface area contributed by atoms with E-state index in [-0.39, 0.29) is 11.1 Å². The predicted molar refractivity (Wildman–Crippen MR) is 62.6 cm³/mol. The van der Waals surface area contributed by atoms with Crippen LogP contribution in [0.1, 0.15) is 16.8 Å². The molecule has 1 fully saturated rings. The van der Waals surface area contributed by atoms with E-state index >= 15 is 0 Å². The number of hydrogen-bond donors (Lipinski definition) is 1. The largest absolute Gasteiger partial charge is 0.379 e. The van der Waals surface area contributed by atoms with Crippen LogP contribution in [0.2, 0.25) is 0 Å². The predicted octanol–water partition coefficient (Wildman–Crippen LogP) is 0.387. The standard InChI is InChI=1S/C12H15N3O2/c1-9-6-10(11(7-13)12(16)14-9)8-15-2-4-17-5-3-15/h6H,2-5,8H2,1H3,(H,14,16). The quantitative estimate of drug-likeness (QED) is 0.802. The van der Waals surface area contributed by atoms with Crippen LogP contribution in [0.4, 0.5) is 0 Å². The van der Waals surface area contributed by atoms with Crippen molar-refractivity contribution in [3.05, 3.63) is 33.2 Å². The molecule has 0 amide bonds. The molecule has 1 aromatic heterocycles. The van der Waals surface area contributed by atoms with Gasteiger partial charge in [-0.25, -0.2) is 0 Å². The summed E-state index contributed by atoms with van der Waals surface area (Å²) in [7, 11) is 0.